The first-order chi connectivity index (χ1) is 22.9. The van der Waals surface area contributed by atoms with E-state index in [9.17, 15) is 32.8 Å². The number of hydrogen-bond donors (Lipinski definition) is 4. The van der Waals surface area contributed by atoms with Crippen molar-refractivity contribution in [2.45, 2.75) is 6.36 Å². The second kappa shape index (κ2) is 15.6. The van der Waals surface area contributed by atoms with Crippen molar-refractivity contribution in [3.63, 3.8) is 0 Å². The molecule has 0 aliphatic rings. The Kier molecular flexibility index (Phi) is 11.4. The quantitative estimate of drug-likeness (QED) is 0.102. The fraction of sp³-hybridized carbons (Fsp3) is 0.156. The molecule has 0 bridgehead atoms. The molecule has 0 aliphatic carbocycles. The molecule has 0 atom stereocenters. The van der Waals surface area contributed by atoms with E-state index >= 15 is 0 Å². The van der Waals surface area contributed by atoms with Crippen LogP contribution in [0, 0.1) is 11.3 Å². The first-order valence-electron chi connectivity index (χ1n) is 13.8. The van der Waals surface area contributed by atoms with Crippen molar-refractivity contribution in [2.24, 2.45) is 0 Å². The van der Waals surface area contributed by atoms with Crippen LogP contribution >= 0.6 is 11.6 Å². The first-order valence-corrected chi connectivity index (χ1v) is 14.2. The third-order valence-corrected chi connectivity index (χ3v) is 6.63. The highest BCUT2D eigenvalue weighted by atomic mass is 35.5. The van der Waals surface area contributed by atoms with Crippen LogP contribution in [0.2, 0.25) is 5.02 Å². The lowest BCUT2D eigenvalue weighted by Crippen LogP contribution is -2.33. The van der Waals surface area contributed by atoms with Crippen molar-refractivity contribution in [3.05, 3.63) is 94.5 Å². The van der Waals surface area contributed by atoms with E-state index in [1.807, 2.05) is 6.07 Å². The van der Waals surface area contributed by atoms with Gasteiger partial charge in [0.2, 0.25) is 0 Å². The van der Waals surface area contributed by atoms with E-state index in [2.05, 4.69) is 25.7 Å². The van der Waals surface area contributed by atoms with Gasteiger partial charge in [0.25, 0.3) is 11.8 Å². The number of benzene rings is 3. The van der Waals surface area contributed by atoms with Gasteiger partial charge in [0.1, 0.15) is 23.1 Å². The first kappa shape index (κ1) is 35.0. The summed E-state index contributed by atoms with van der Waals surface area (Å²) in [4.78, 5) is 41.4. The Morgan fingerprint density at radius 1 is 0.938 bits per heavy atom. The fourth-order valence-corrected chi connectivity index (χ4v) is 4.54. The molecule has 16 heteroatoms. The van der Waals surface area contributed by atoms with Crippen LogP contribution in [-0.2, 0) is 4.74 Å². The molecule has 4 aromatic rings. The largest absolute Gasteiger partial charge is 0.573 e. The lowest BCUT2D eigenvalue weighted by Gasteiger charge is -2.17. The monoisotopic (exact) mass is 683 g/mol. The fourth-order valence-electron chi connectivity index (χ4n) is 4.38. The van der Waals surface area contributed by atoms with Gasteiger partial charge in [0, 0.05) is 41.9 Å². The molecular formula is C32H25ClF3N5O7. The third-order valence-electron chi connectivity index (χ3n) is 6.39. The number of rotatable bonds is 12. The van der Waals surface area contributed by atoms with Gasteiger partial charge < -0.3 is 35.3 Å². The summed E-state index contributed by atoms with van der Waals surface area (Å²) in [5, 5.41) is 26.5. The summed E-state index contributed by atoms with van der Waals surface area (Å²) in [7, 11) is 1.40. The molecule has 0 saturated heterocycles. The average Bonchev–Trinajstić information content (AvgIpc) is 3.04. The van der Waals surface area contributed by atoms with Crippen LogP contribution in [0.4, 0.5) is 23.8 Å². The number of pyridine rings is 1. The number of carbonyl (C=O) groups excluding carboxylic acids is 2. The molecule has 0 aliphatic heterocycles. The van der Waals surface area contributed by atoms with E-state index in [-0.39, 0.29) is 53.8 Å². The number of alkyl halides is 3. The number of nitriles is 1. The summed E-state index contributed by atoms with van der Waals surface area (Å²) in [5.41, 5.74) is 0.500. The Bertz CT molecular complexity index is 1880. The predicted molar refractivity (Wildman–Crippen MR) is 167 cm³/mol. The lowest BCUT2D eigenvalue weighted by molar-refractivity contribution is -0.274. The van der Waals surface area contributed by atoms with Crippen LogP contribution in [0.1, 0.15) is 26.3 Å². The molecule has 12 nitrogen and oxygen atoms in total. The Hall–Kier alpha value is -5.85. The molecular weight excluding hydrogens is 659 g/mol. The molecule has 248 valence electrons. The van der Waals surface area contributed by atoms with E-state index in [4.69, 9.17) is 26.2 Å². The molecule has 0 radical (unpaired) electrons. The molecule has 0 unspecified atom stereocenters. The highest BCUT2D eigenvalue weighted by Gasteiger charge is 2.33. The van der Waals surface area contributed by atoms with Crippen LogP contribution in [0.15, 0.2) is 72.8 Å². The maximum Gasteiger partial charge on any atom is 0.573 e. The van der Waals surface area contributed by atoms with E-state index < -0.39 is 35.6 Å². The van der Waals surface area contributed by atoms with Gasteiger partial charge in [-0.3, -0.25) is 9.59 Å². The number of methoxy groups -OCH3 is 1. The van der Waals surface area contributed by atoms with Gasteiger partial charge in [-0.25, -0.2) is 9.78 Å². The second-order valence-corrected chi connectivity index (χ2v) is 10.1. The topological polar surface area (TPSA) is 172 Å². The molecule has 0 saturated carbocycles. The number of anilines is 1. The number of aromatic nitrogens is 1. The maximum atomic E-state index is 13.4. The van der Waals surface area contributed by atoms with Gasteiger partial charge in [0.15, 0.2) is 12.6 Å². The summed E-state index contributed by atoms with van der Waals surface area (Å²) in [6.07, 6.45) is -6.34. The molecule has 0 spiro atoms. The van der Waals surface area contributed by atoms with Gasteiger partial charge >= 0.3 is 12.5 Å². The highest BCUT2D eigenvalue weighted by molar-refractivity contribution is 6.30. The van der Waals surface area contributed by atoms with Gasteiger partial charge in [-0.2, -0.15) is 5.26 Å². The predicted octanol–water partition coefficient (Wildman–Crippen LogP) is 6.07. The van der Waals surface area contributed by atoms with Gasteiger partial charge in [-0.05, 0) is 54.1 Å². The maximum absolute atomic E-state index is 13.4. The van der Waals surface area contributed by atoms with Crippen LogP contribution in [0.5, 0.6) is 11.5 Å². The molecule has 3 amide bonds. The van der Waals surface area contributed by atoms with E-state index in [0.29, 0.717) is 16.1 Å². The lowest BCUT2D eigenvalue weighted by atomic mass is 9.96. The third kappa shape index (κ3) is 9.12. The Morgan fingerprint density at radius 2 is 1.69 bits per heavy atom. The zero-order chi connectivity index (χ0) is 34.8. The Balaban J connectivity index is 1.84. The van der Waals surface area contributed by atoms with Crippen molar-refractivity contribution in [1.29, 1.82) is 5.26 Å². The van der Waals surface area contributed by atoms with Crippen molar-refractivity contribution in [3.8, 4) is 40.0 Å². The summed E-state index contributed by atoms with van der Waals surface area (Å²) in [6.45, 7) is -0.217. The number of ether oxygens (including phenoxy) is 3. The van der Waals surface area contributed by atoms with E-state index in [1.165, 1.54) is 43.5 Å². The molecule has 48 heavy (non-hydrogen) atoms. The van der Waals surface area contributed by atoms with E-state index in [0.717, 1.165) is 12.1 Å². The number of nitrogens with one attached hydrogen (secondary N) is 3. The van der Waals surface area contributed by atoms with Gasteiger partial charge in [-0.1, -0.05) is 35.9 Å². The summed E-state index contributed by atoms with van der Waals surface area (Å²) >= 11 is 6.19. The minimum absolute atomic E-state index is 0.00522. The zero-order valence-corrected chi connectivity index (χ0v) is 25.6. The van der Waals surface area contributed by atoms with Crippen molar-refractivity contribution in [2.75, 3.05) is 32.3 Å². The number of nitrogens with zero attached hydrogens (tertiary/aromatic N) is 2. The van der Waals surface area contributed by atoms with E-state index in [1.54, 1.807) is 24.3 Å². The number of para-hydroxylation sites is 1. The Morgan fingerprint density at radius 3 is 2.40 bits per heavy atom. The number of halogens is 4. The van der Waals surface area contributed by atoms with Crippen LogP contribution in [0.3, 0.4) is 0 Å². The minimum Gasteiger partial charge on any atom is -0.467 e. The SMILES string of the molecule is COCOc1cc(Cl)ccc1-c1cc(-c2cccc(C(=O)NCCNC(=O)O)c2)c(C#N)c(NC(=O)c2ccccc2OC(F)(F)F)n1. The zero-order valence-electron chi connectivity index (χ0n) is 24.9. The van der Waals surface area contributed by atoms with Crippen molar-refractivity contribution < 1.29 is 46.9 Å². The molecule has 4 rings (SSSR count). The molecule has 1 heterocycles. The molecule has 3 aromatic carbocycles. The van der Waals surface area contributed by atoms with Crippen LogP contribution in [0.25, 0.3) is 22.4 Å². The Labute approximate surface area is 276 Å². The molecule has 4 N–H and O–H groups in total. The van der Waals surface area contributed by atoms with Crippen LogP contribution < -0.4 is 25.4 Å². The summed E-state index contributed by atoms with van der Waals surface area (Å²) < 4.78 is 53.9. The smallest absolute Gasteiger partial charge is 0.467 e. The highest BCUT2D eigenvalue weighted by Crippen LogP contribution is 2.38. The number of amides is 3. The standard InChI is InChI=1S/C32H25ClF3N5O7/c1-46-17-47-27-14-20(33)9-10-21(27)25-15-23(18-5-4-6-19(13-18)29(42)38-11-12-39-31(44)45)24(16-37)28(40-25)41-30(43)22-7-2-3-8-26(22)48-32(34,35)36/h2-10,13-15,39H,11-12,17H2,1H3,(H,38,42)(H,44,45)(H,40,41,43). The van der Waals surface area contributed by atoms with Crippen molar-refractivity contribution in [1.82, 2.24) is 15.6 Å². The number of hydrogen-bond acceptors (Lipinski definition) is 8. The summed E-state index contributed by atoms with van der Waals surface area (Å²) in [6, 6.07) is 18.8. The molecule has 0 fully saturated rings. The molecule has 1 aromatic heterocycles. The average molecular weight is 684 g/mol. The van der Waals surface area contributed by atoms with Gasteiger partial charge in [0.05, 0.1) is 11.3 Å². The van der Waals surface area contributed by atoms with Gasteiger partial charge in [-0.15, -0.1) is 13.2 Å². The number of carbonyl (C=O) groups is 3. The minimum atomic E-state index is -5.09. The second-order valence-electron chi connectivity index (χ2n) is 9.65. The summed E-state index contributed by atoms with van der Waals surface area (Å²) in [5.74, 6) is -2.48. The van der Waals surface area contributed by atoms with Crippen molar-refractivity contribution >= 4 is 35.3 Å². The van der Waals surface area contributed by atoms with Crippen LogP contribution in [-0.4, -0.2) is 61.4 Å². The number of carboxylic acid groups (broad SMARTS) is 1. The normalized spacial score (nSPS) is 10.8.